The third kappa shape index (κ3) is 2.95. The molecule has 6 heteroatoms. The first kappa shape index (κ1) is 15.2. The van der Waals surface area contributed by atoms with Crippen molar-refractivity contribution in [2.24, 2.45) is 5.92 Å². The Bertz CT molecular complexity index is 876. The summed E-state index contributed by atoms with van der Waals surface area (Å²) in [7, 11) is 0. The molecule has 1 saturated carbocycles. The molecule has 1 heterocycles. The van der Waals surface area contributed by atoms with Gasteiger partial charge in [0.1, 0.15) is 12.1 Å². The largest absolute Gasteiger partial charge is 0.336 e. The van der Waals surface area contributed by atoms with E-state index in [1.165, 1.54) is 10.9 Å². The highest BCUT2D eigenvalue weighted by Crippen LogP contribution is 2.39. The number of aryl methyl sites for hydroxylation is 1. The molecule has 1 aliphatic carbocycles. The fraction of sp³-hybridized carbons (Fsp3) is 0.412. The number of nitriles is 1. The summed E-state index contributed by atoms with van der Waals surface area (Å²) in [6.07, 6.45) is 3.27. The Kier molecular flexibility index (Phi) is 3.64. The minimum absolute atomic E-state index is 0.139. The molecule has 1 amide bonds. The lowest BCUT2D eigenvalue weighted by atomic mass is 9.98. The molecule has 1 aromatic carbocycles. The van der Waals surface area contributed by atoms with E-state index in [1.54, 1.807) is 19.1 Å². The summed E-state index contributed by atoms with van der Waals surface area (Å²) < 4.78 is 1.28. The van der Waals surface area contributed by atoms with Gasteiger partial charge in [0.2, 0.25) is 5.91 Å². The van der Waals surface area contributed by atoms with Crippen LogP contribution in [0.2, 0.25) is 0 Å². The first-order valence-electron chi connectivity index (χ1n) is 7.61. The monoisotopic (exact) mass is 310 g/mol. The molecule has 6 nitrogen and oxygen atoms in total. The van der Waals surface area contributed by atoms with Gasteiger partial charge in [0, 0.05) is 0 Å². The van der Waals surface area contributed by atoms with E-state index >= 15 is 0 Å². The Morgan fingerprint density at radius 2 is 2.26 bits per heavy atom. The number of rotatable bonds is 4. The maximum absolute atomic E-state index is 12.5. The van der Waals surface area contributed by atoms with Crippen molar-refractivity contribution < 1.29 is 4.79 Å². The van der Waals surface area contributed by atoms with Crippen LogP contribution >= 0.6 is 0 Å². The maximum atomic E-state index is 12.5. The Labute approximate surface area is 133 Å². The average Bonchev–Trinajstić information content (AvgIpc) is 3.35. The Hall–Kier alpha value is -2.68. The molecule has 0 spiro atoms. The predicted molar refractivity (Wildman–Crippen MR) is 85.6 cm³/mol. The molecule has 1 aromatic heterocycles. The smallest absolute Gasteiger partial charge is 0.261 e. The molecule has 1 aliphatic rings. The minimum atomic E-state index is -0.860. The fourth-order valence-electron chi connectivity index (χ4n) is 2.75. The van der Waals surface area contributed by atoms with Gasteiger partial charge < -0.3 is 5.32 Å². The Morgan fingerprint density at radius 3 is 2.91 bits per heavy atom. The van der Waals surface area contributed by atoms with E-state index in [2.05, 4.69) is 16.4 Å². The number of hydrogen-bond acceptors (Lipinski definition) is 4. The van der Waals surface area contributed by atoms with Gasteiger partial charge in [-0.1, -0.05) is 11.6 Å². The quantitative estimate of drug-likeness (QED) is 0.927. The van der Waals surface area contributed by atoms with Gasteiger partial charge in [0.25, 0.3) is 5.56 Å². The molecule has 0 radical (unpaired) electrons. The number of aromatic nitrogens is 2. The van der Waals surface area contributed by atoms with Crippen LogP contribution in [0.3, 0.4) is 0 Å². The van der Waals surface area contributed by atoms with Crippen molar-refractivity contribution in [3.63, 3.8) is 0 Å². The van der Waals surface area contributed by atoms with Crippen molar-refractivity contribution >= 4 is 16.8 Å². The Morgan fingerprint density at radius 1 is 1.52 bits per heavy atom. The van der Waals surface area contributed by atoms with Crippen LogP contribution in [0.4, 0.5) is 0 Å². The second kappa shape index (κ2) is 5.51. The van der Waals surface area contributed by atoms with Gasteiger partial charge in [-0.25, -0.2) is 4.98 Å². The van der Waals surface area contributed by atoms with E-state index in [-0.39, 0.29) is 23.9 Å². The summed E-state index contributed by atoms with van der Waals surface area (Å²) in [5, 5.41) is 12.5. The third-order valence-corrected chi connectivity index (χ3v) is 4.32. The van der Waals surface area contributed by atoms with Crippen molar-refractivity contribution in [1.82, 2.24) is 14.9 Å². The summed E-state index contributed by atoms with van der Waals surface area (Å²) in [6.45, 7) is 3.49. The maximum Gasteiger partial charge on any atom is 0.261 e. The SMILES string of the molecule is Cc1ccc2ncn(CC(=O)N[C@](C)(C#N)C3CC3)c(=O)c2c1. The predicted octanol–water partition coefficient (Wildman–Crippen LogP) is 1.51. The molecule has 3 rings (SSSR count). The van der Waals surface area contributed by atoms with Gasteiger partial charge in [-0.2, -0.15) is 5.26 Å². The molecule has 0 unspecified atom stereocenters. The van der Waals surface area contributed by atoms with Crippen molar-refractivity contribution in [3.8, 4) is 6.07 Å². The van der Waals surface area contributed by atoms with Crippen LogP contribution < -0.4 is 10.9 Å². The molecule has 0 bridgehead atoms. The fourth-order valence-corrected chi connectivity index (χ4v) is 2.75. The second-order valence-electron chi connectivity index (χ2n) is 6.33. The van der Waals surface area contributed by atoms with Crippen molar-refractivity contribution in [2.45, 2.75) is 38.8 Å². The third-order valence-electron chi connectivity index (χ3n) is 4.32. The first-order valence-corrected chi connectivity index (χ1v) is 7.61. The zero-order valence-corrected chi connectivity index (χ0v) is 13.2. The molecule has 118 valence electrons. The molecular formula is C17H18N4O2. The average molecular weight is 310 g/mol. The Balaban J connectivity index is 1.84. The summed E-state index contributed by atoms with van der Waals surface area (Å²) in [5.41, 5.74) is 0.460. The van der Waals surface area contributed by atoms with E-state index in [1.807, 2.05) is 13.0 Å². The van der Waals surface area contributed by atoms with Crippen LogP contribution in [-0.4, -0.2) is 21.0 Å². The summed E-state index contributed by atoms with van der Waals surface area (Å²) >= 11 is 0. The lowest BCUT2D eigenvalue weighted by Crippen LogP contribution is -2.48. The number of nitrogens with one attached hydrogen (secondary N) is 1. The minimum Gasteiger partial charge on any atom is -0.336 e. The molecule has 23 heavy (non-hydrogen) atoms. The van der Waals surface area contributed by atoms with Gasteiger partial charge in [-0.3, -0.25) is 14.2 Å². The van der Waals surface area contributed by atoms with Crippen molar-refractivity contribution in [2.75, 3.05) is 0 Å². The van der Waals surface area contributed by atoms with E-state index in [4.69, 9.17) is 0 Å². The summed E-state index contributed by atoms with van der Waals surface area (Å²) in [6, 6.07) is 7.62. The number of amides is 1. The first-order chi connectivity index (χ1) is 10.9. The number of nitrogens with zero attached hydrogens (tertiary/aromatic N) is 3. The normalized spacial score (nSPS) is 16.6. The topological polar surface area (TPSA) is 87.8 Å². The van der Waals surface area contributed by atoms with Crippen molar-refractivity contribution in [3.05, 3.63) is 40.4 Å². The summed E-state index contributed by atoms with van der Waals surface area (Å²) in [5.74, 6) is -0.151. The molecule has 1 fully saturated rings. The van der Waals surface area contributed by atoms with E-state index in [9.17, 15) is 14.9 Å². The molecule has 1 atom stereocenters. The molecule has 1 N–H and O–H groups in total. The highest BCUT2D eigenvalue weighted by atomic mass is 16.2. The number of benzene rings is 1. The van der Waals surface area contributed by atoms with Crippen LogP contribution in [0.15, 0.2) is 29.3 Å². The van der Waals surface area contributed by atoms with Crippen LogP contribution in [0.25, 0.3) is 10.9 Å². The molecular weight excluding hydrogens is 292 g/mol. The standard InChI is InChI=1S/C17H18N4O2/c1-11-3-6-14-13(7-11)16(23)21(10-19-14)8-15(22)20-17(2,9-18)12-4-5-12/h3,6-7,10,12H,4-5,8H2,1-2H3,(H,20,22)/t17-/m1/s1. The van der Waals surface area contributed by atoms with Crippen LogP contribution in [0.5, 0.6) is 0 Å². The van der Waals surface area contributed by atoms with Crippen molar-refractivity contribution in [1.29, 1.82) is 5.26 Å². The van der Waals surface area contributed by atoms with E-state index in [0.29, 0.717) is 10.9 Å². The lowest BCUT2D eigenvalue weighted by Gasteiger charge is -2.23. The number of fused-ring (bicyclic) bond motifs is 1. The zero-order valence-electron chi connectivity index (χ0n) is 13.2. The number of carbonyl (C=O) groups excluding carboxylic acids is 1. The highest BCUT2D eigenvalue weighted by Gasteiger charge is 2.43. The van der Waals surface area contributed by atoms with Gasteiger partial charge in [-0.05, 0) is 44.7 Å². The van der Waals surface area contributed by atoms with E-state index < -0.39 is 5.54 Å². The summed E-state index contributed by atoms with van der Waals surface area (Å²) in [4.78, 5) is 28.9. The molecule has 2 aromatic rings. The van der Waals surface area contributed by atoms with Crippen LogP contribution in [-0.2, 0) is 11.3 Å². The van der Waals surface area contributed by atoms with Gasteiger partial charge in [-0.15, -0.1) is 0 Å². The second-order valence-corrected chi connectivity index (χ2v) is 6.33. The number of hydrogen-bond donors (Lipinski definition) is 1. The molecule has 0 aliphatic heterocycles. The van der Waals surface area contributed by atoms with Gasteiger partial charge >= 0.3 is 0 Å². The molecule has 0 saturated heterocycles. The zero-order chi connectivity index (χ0) is 16.6. The van der Waals surface area contributed by atoms with Gasteiger partial charge in [0.05, 0.1) is 23.3 Å². The van der Waals surface area contributed by atoms with E-state index in [0.717, 1.165) is 18.4 Å². The highest BCUT2D eigenvalue weighted by molar-refractivity contribution is 5.80. The lowest BCUT2D eigenvalue weighted by molar-refractivity contribution is -0.123. The number of carbonyl (C=O) groups is 1. The van der Waals surface area contributed by atoms with Gasteiger partial charge in [0.15, 0.2) is 0 Å². The van der Waals surface area contributed by atoms with Crippen LogP contribution in [0.1, 0.15) is 25.3 Å². The van der Waals surface area contributed by atoms with Crippen LogP contribution in [0, 0.1) is 24.2 Å².